The zero-order valence-corrected chi connectivity index (χ0v) is 9.75. The van der Waals surface area contributed by atoms with Crippen LogP contribution >= 0.6 is 11.3 Å². The molecule has 84 valence electrons. The summed E-state index contributed by atoms with van der Waals surface area (Å²) in [4.78, 5) is 4.14. The number of hydrogen-bond acceptors (Lipinski definition) is 5. The average Bonchev–Trinajstić information content (AvgIpc) is 2.70. The minimum atomic E-state index is -3.62. The van der Waals surface area contributed by atoms with E-state index in [1.54, 1.807) is 18.3 Å². The third-order valence-electron chi connectivity index (χ3n) is 1.87. The Hall–Kier alpha value is -1.44. The average molecular weight is 255 g/mol. The van der Waals surface area contributed by atoms with E-state index in [0.717, 1.165) is 10.8 Å². The molecule has 16 heavy (non-hydrogen) atoms. The lowest BCUT2D eigenvalue weighted by Gasteiger charge is -2.03. The molecule has 0 atom stereocenters. The highest BCUT2D eigenvalue weighted by Crippen LogP contribution is 2.19. The molecular weight excluding hydrogens is 246 g/mol. The second-order valence-electron chi connectivity index (χ2n) is 3.03. The van der Waals surface area contributed by atoms with Crippen molar-refractivity contribution in [1.82, 2.24) is 4.98 Å². The van der Waals surface area contributed by atoms with Crippen molar-refractivity contribution in [3.8, 4) is 0 Å². The van der Waals surface area contributed by atoms with E-state index in [1.165, 1.54) is 23.5 Å². The molecule has 1 aromatic carbocycles. The Balaban J connectivity index is 2.20. The Labute approximate surface area is 97.0 Å². The van der Waals surface area contributed by atoms with E-state index in [4.69, 9.17) is 5.14 Å². The number of thiazole rings is 1. The second-order valence-corrected chi connectivity index (χ2v) is 5.49. The summed E-state index contributed by atoms with van der Waals surface area (Å²) in [6.07, 6.45) is 1.69. The molecule has 0 saturated heterocycles. The number of benzene rings is 1. The molecular formula is C9H9N3O2S2. The molecule has 0 amide bonds. The van der Waals surface area contributed by atoms with Gasteiger partial charge in [0.25, 0.3) is 0 Å². The smallest absolute Gasteiger partial charge is 0.238 e. The van der Waals surface area contributed by atoms with Crippen LogP contribution < -0.4 is 10.5 Å². The van der Waals surface area contributed by atoms with E-state index in [0.29, 0.717) is 0 Å². The maximum atomic E-state index is 11.0. The van der Waals surface area contributed by atoms with Gasteiger partial charge in [0.05, 0.1) is 4.90 Å². The first-order valence-electron chi connectivity index (χ1n) is 4.35. The van der Waals surface area contributed by atoms with Crippen molar-refractivity contribution in [3.63, 3.8) is 0 Å². The first kappa shape index (κ1) is 11.1. The normalized spacial score (nSPS) is 11.3. The first-order chi connectivity index (χ1) is 7.55. The second kappa shape index (κ2) is 4.20. The van der Waals surface area contributed by atoms with Crippen molar-refractivity contribution in [2.45, 2.75) is 4.90 Å². The van der Waals surface area contributed by atoms with E-state index in [-0.39, 0.29) is 4.90 Å². The zero-order valence-electron chi connectivity index (χ0n) is 8.12. The summed E-state index contributed by atoms with van der Waals surface area (Å²) in [5.74, 6) is 0. The minimum Gasteiger partial charge on any atom is -0.332 e. The molecule has 2 aromatic rings. The number of nitrogens with two attached hydrogens (primary N) is 1. The first-order valence-corrected chi connectivity index (χ1v) is 6.78. The van der Waals surface area contributed by atoms with Crippen molar-refractivity contribution in [2.75, 3.05) is 5.32 Å². The minimum absolute atomic E-state index is 0.0946. The monoisotopic (exact) mass is 255 g/mol. The van der Waals surface area contributed by atoms with Gasteiger partial charge in [-0.15, -0.1) is 11.3 Å². The summed E-state index contributed by atoms with van der Waals surface area (Å²) < 4.78 is 22.0. The number of rotatable bonds is 3. The van der Waals surface area contributed by atoms with Gasteiger partial charge in [0.15, 0.2) is 5.13 Å². The molecule has 0 unspecified atom stereocenters. The molecule has 7 heteroatoms. The summed E-state index contributed by atoms with van der Waals surface area (Å²) in [5.41, 5.74) is 0.766. The molecule has 3 N–H and O–H groups in total. The van der Waals surface area contributed by atoms with E-state index in [2.05, 4.69) is 10.3 Å². The van der Waals surface area contributed by atoms with Crippen LogP contribution in [-0.4, -0.2) is 13.4 Å². The summed E-state index contributed by atoms with van der Waals surface area (Å²) in [5, 5.41) is 10.6. The summed E-state index contributed by atoms with van der Waals surface area (Å²) in [6, 6.07) is 6.18. The Morgan fingerprint density at radius 3 is 2.44 bits per heavy atom. The molecule has 0 aliphatic carbocycles. The fourth-order valence-corrected chi connectivity index (χ4v) is 2.20. The fraction of sp³-hybridized carbons (Fsp3) is 0. The Kier molecular flexibility index (Phi) is 2.90. The molecule has 1 aromatic heterocycles. The molecule has 0 spiro atoms. The lowest BCUT2D eigenvalue weighted by molar-refractivity contribution is 0.598. The van der Waals surface area contributed by atoms with Crippen LogP contribution in [0.15, 0.2) is 40.7 Å². The predicted molar refractivity (Wildman–Crippen MR) is 63.2 cm³/mol. The van der Waals surface area contributed by atoms with Crippen LogP contribution in [0.2, 0.25) is 0 Å². The maximum absolute atomic E-state index is 11.0. The molecule has 0 bridgehead atoms. The number of primary sulfonamides is 1. The van der Waals surface area contributed by atoms with Gasteiger partial charge in [0.2, 0.25) is 10.0 Å². The van der Waals surface area contributed by atoms with Crippen LogP contribution in [0, 0.1) is 0 Å². The molecule has 1 heterocycles. The van der Waals surface area contributed by atoms with Gasteiger partial charge in [-0.1, -0.05) is 0 Å². The lowest BCUT2D eigenvalue weighted by Crippen LogP contribution is -2.11. The van der Waals surface area contributed by atoms with Crippen LogP contribution in [0.25, 0.3) is 0 Å². The van der Waals surface area contributed by atoms with Gasteiger partial charge in [-0.25, -0.2) is 18.5 Å². The predicted octanol–water partition coefficient (Wildman–Crippen LogP) is 1.53. The van der Waals surface area contributed by atoms with Crippen LogP contribution in [-0.2, 0) is 10.0 Å². The molecule has 0 radical (unpaired) electrons. The number of aromatic nitrogens is 1. The number of sulfonamides is 1. The third-order valence-corrected chi connectivity index (χ3v) is 3.48. The number of nitrogens with one attached hydrogen (secondary N) is 1. The maximum Gasteiger partial charge on any atom is 0.238 e. The molecule has 5 nitrogen and oxygen atoms in total. The Morgan fingerprint density at radius 2 is 1.94 bits per heavy atom. The van der Waals surface area contributed by atoms with Crippen molar-refractivity contribution in [3.05, 3.63) is 35.8 Å². The van der Waals surface area contributed by atoms with Gasteiger partial charge in [-0.05, 0) is 24.3 Å². The Morgan fingerprint density at radius 1 is 1.25 bits per heavy atom. The Bertz CT molecular complexity index is 561. The topological polar surface area (TPSA) is 85.1 Å². The summed E-state index contributed by atoms with van der Waals surface area (Å²) in [7, 11) is -3.62. The van der Waals surface area contributed by atoms with E-state index in [9.17, 15) is 8.42 Å². The highest BCUT2D eigenvalue weighted by Gasteiger charge is 2.06. The van der Waals surface area contributed by atoms with Gasteiger partial charge in [-0.3, -0.25) is 0 Å². The van der Waals surface area contributed by atoms with Gasteiger partial charge in [-0.2, -0.15) is 0 Å². The van der Waals surface area contributed by atoms with Crippen molar-refractivity contribution >= 4 is 32.2 Å². The van der Waals surface area contributed by atoms with E-state index < -0.39 is 10.0 Å². The van der Waals surface area contributed by atoms with Crippen molar-refractivity contribution in [1.29, 1.82) is 0 Å². The molecule has 0 aliphatic rings. The largest absolute Gasteiger partial charge is 0.332 e. The summed E-state index contributed by atoms with van der Waals surface area (Å²) in [6.45, 7) is 0. The quantitative estimate of drug-likeness (QED) is 0.871. The van der Waals surface area contributed by atoms with E-state index in [1.807, 2.05) is 5.38 Å². The third kappa shape index (κ3) is 2.57. The van der Waals surface area contributed by atoms with Gasteiger partial charge in [0.1, 0.15) is 0 Å². The molecule has 0 aliphatic heterocycles. The molecule has 0 fully saturated rings. The van der Waals surface area contributed by atoms with Crippen LogP contribution in [0.3, 0.4) is 0 Å². The zero-order chi connectivity index (χ0) is 11.6. The van der Waals surface area contributed by atoms with Gasteiger partial charge in [0, 0.05) is 17.3 Å². The highest BCUT2D eigenvalue weighted by atomic mass is 32.2. The van der Waals surface area contributed by atoms with Crippen molar-refractivity contribution in [2.24, 2.45) is 5.14 Å². The van der Waals surface area contributed by atoms with Crippen LogP contribution in [0.5, 0.6) is 0 Å². The summed E-state index contributed by atoms with van der Waals surface area (Å²) >= 11 is 1.46. The van der Waals surface area contributed by atoms with Gasteiger partial charge >= 0.3 is 0 Å². The van der Waals surface area contributed by atoms with Crippen LogP contribution in [0.4, 0.5) is 10.8 Å². The number of hydrogen-bond donors (Lipinski definition) is 2. The van der Waals surface area contributed by atoms with E-state index >= 15 is 0 Å². The van der Waals surface area contributed by atoms with Crippen LogP contribution in [0.1, 0.15) is 0 Å². The standard InChI is InChI=1S/C9H9N3O2S2/c10-16(13,14)8-3-1-7(2-4-8)12-9-11-5-6-15-9/h1-6H,(H,11,12)(H2,10,13,14). The number of nitrogens with zero attached hydrogens (tertiary/aromatic N) is 1. The van der Waals surface area contributed by atoms with Gasteiger partial charge < -0.3 is 5.32 Å². The highest BCUT2D eigenvalue weighted by molar-refractivity contribution is 7.89. The number of anilines is 2. The van der Waals surface area contributed by atoms with Crippen molar-refractivity contribution < 1.29 is 8.42 Å². The lowest BCUT2D eigenvalue weighted by atomic mass is 10.3. The fourth-order valence-electron chi connectivity index (χ4n) is 1.14. The molecule has 2 rings (SSSR count). The molecule has 0 saturated carbocycles. The SMILES string of the molecule is NS(=O)(=O)c1ccc(Nc2nccs2)cc1.